The average molecular weight is 317 g/mol. The summed E-state index contributed by atoms with van der Waals surface area (Å²) in [5.41, 5.74) is 0.183. The van der Waals surface area contributed by atoms with Gasteiger partial charge in [0.05, 0.1) is 20.8 Å². The highest BCUT2D eigenvalue weighted by atomic mass is 32.1. The molecule has 2 aromatic rings. The van der Waals surface area contributed by atoms with Crippen molar-refractivity contribution < 1.29 is 13.2 Å². The molecule has 0 bridgehead atoms. The van der Waals surface area contributed by atoms with Crippen molar-refractivity contribution in [3.05, 3.63) is 28.3 Å². The number of alkyl halides is 3. The van der Waals surface area contributed by atoms with Gasteiger partial charge < -0.3 is 0 Å². The van der Waals surface area contributed by atoms with E-state index in [-0.39, 0.29) is 11.4 Å². The molecule has 0 unspecified atom stereocenters. The maximum absolute atomic E-state index is 13.0. The van der Waals surface area contributed by atoms with Crippen LogP contribution in [0.5, 0.6) is 0 Å². The standard InChI is InChI=1S/C13H14F3NS.C3H8/c1-4-8-5-9(13(14,15)16)11-10(6-8)18-12(17-11)7(2)3;1-3-2/h5-7H,4H2,1-3H3;3H2,1-2H3. The van der Waals surface area contributed by atoms with Crippen molar-refractivity contribution >= 4 is 21.6 Å². The Morgan fingerprint density at radius 2 is 1.71 bits per heavy atom. The molecule has 2 rings (SSSR count). The van der Waals surface area contributed by atoms with Crippen LogP contribution in [0, 0.1) is 0 Å². The monoisotopic (exact) mass is 317 g/mol. The number of rotatable bonds is 2. The van der Waals surface area contributed by atoms with Gasteiger partial charge in [0.15, 0.2) is 0 Å². The highest BCUT2D eigenvalue weighted by Gasteiger charge is 2.34. The molecule has 0 N–H and O–H groups in total. The van der Waals surface area contributed by atoms with E-state index in [1.807, 2.05) is 26.8 Å². The first-order valence-electron chi connectivity index (χ1n) is 7.25. The lowest BCUT2D eigenvalue weighted by Gasteiger charge is -2.09. The summed E-state index contributed by atoms with van der Waals surface area (Å²) in [6, 6.07) is 3.03. The summed E-state index contributed by atoms with van der Waals surface area (Å²) in [6.45, 7) is 9.98. The van der Waals surface area contributed by atoms with Crippen molar-refractivity contribution in [1.82, 2.24) is 4.98 Å². The molecular weight excluding hydrogens is 295 g/mol. The van der Waals surface area contributed by atoms with Crippen LogP contribution in [0.25, 0.3) is 10.2 Å². The van der Waals surface area contributed by atoms with E-state index in [2.05, 4.69) is 18.8 Å². The Morgan fingerprint density at radius 1 is 1.14 bits per heavy atom. The summed E-state index contributed by atoms with van der Waals surface area (Å²) in [5, 5.41) is 0.753. The molecule has 21 heavy (non-hydrogen) atoms. The molecule has 0 fully saturated rings. The van der Waals surface area contributed by atoms with Gasteiger partial charge in [-0.2, -0.15) is 13.2 Å². The molecule has 1 heterocycles. The van der Waals surface area contributed by atoms with Gasteiger partial charge in [0.1, 0.15) is 0 Å². The zero-order chi connectivity index (χ0) is 16.2. The second-order valence-corrected chi connectivity index (χ2v) is 6.32. The van der Waals surface area contributed by atoms with Crippen LogP contribution in [-0.4, -0.2) is 4.98 Å². The third-order valence-corrected chi connectivity index (χ3v) is 4.08. The summed E-state index contributed by atoms with van der Waals surface area (Å²) in [7, 11) is 0. The van der Waals surface area contributed by atoms with Crippen LogP contribution in [0.15, 0.2) is 12.1 Å². The molecule has 0 aliphatic carbocycles. The topological polar surface area (TPSA) is 12.9 Å². The molecule has 0 radical (unpaired) electrons. The van der Waals surface area contributed by atoms with Gasteiger partial charge in [-0.05, 0) is 24.1 Å². The number of nitrogens with zero attached hydrogens (tertiary/aromatic N) is 1. The minimum atomic E-state index is -4.34. The number of thiazole rings is 1. The van der Waals surface area contributed by atoms with Crippen LogP contribution in [0.2, 0.25) is 0 Å². The molecule has 0 amide bonds. The first kappa shape index (κ1) is 18.0. The Kier molecular flexibility index (Phi) is 6.20. The number of hydrogen-bond acceptors (Lipinski definition) is 2. The third kappa shape index (κ3) is 4.43. The van der Waals surface area contributed by atoms with Gasteiger partial charge in [-0.15, -0.1) is 11.3 Å². The summed E-state index contributed by atoms with van der Waals surface area (Å²) in [4.78, 5) is 4.15. The van der Waals surface area contributed by atoms with Gasteiger partial charge >= 0.3 is 6.18 Å². The number of benzene rings is 1. The zero-order valence-electron chi connectivity index (χ0n) is 13.1. The second-order valence-electron chi connectivity index (χ2n) is 5.26. The van der Waals surface area contributed by atoms with E-state index in [4.69, 9.17) is 0 Å². The van der Waals surface area contributed by atoms with Crippen molar-refractivity contribution in [2.75, 3.05) is 0 Å². The van der Waals surface area contributed by atoms with Crippen molar-refractivity contribution in [1.29, 1.82) is 0 Å². The summed E-state index contributed by atoms with van der Waals surface area (Å²) < 4.78 is 39.7. The Bertz CT molecular complexity index is 585. The molecule has 1 aromatic carbocycles. The van der Waals surface area contributed by atoms with Gasteiger partial charge in [0.25, 0.3) is 0 Å². The summed E-state index contributed by atoms with van der Waals surface area (Å²) in [5.74, 6) is 0.147. The minimum absolute atomic E-state index is 0.0911. The predicted molar refractivity (Wildman–Crippen MR) is 84.1 cm³/mol. The van der Waals surface area contributed by atoms with Gasteiger partial charge in [0, 0.05) is 5.92 Å². The lowest BCUT2D eigenvalue weighted by molar-refractivity contribution is -0.136. The fourth-order valence-electron chi connectivity index (χ4n) is 1.77. The summed E-state index contributed by atoms with van der Waals surface area (Å²) >= 11 is 1.35. The van der Waals surface area contributed by atoms with Crippen molar-refractivity contribution in [3.63, 3.8) is 0 Å². The number of hydrogen-bond donors (Lipinski definition) is 0. The smallest absolute Gasteiger partial charge is 0.240 e. The SMILES string of the molecule is CCC.CCc1cc(C(F)(F)F)c2nc(C(C)C)sc2c1. The first-order chi connectivity index (χ1) is 9.74. The molecule has 1 aromatic heterocycles. The Morgan fingerprint density at radius 3 is 2.14 bits per heavy atom. The van der Waals surface area contributed by atoms with E-state index in [1.165, 1.54) is 23.8 Å². The van der Waals surface area contributed by atoms with Crippen molar-refractivity contribution in [3.8, 4) is 0 Å². The van der Waals surface area contributed by atoms with Gasteiger partial charge in [-0.25, -0.2) is 4.98 Å². The largest absolute Gasteiger partial charge is 0.418 e. The van der Waals surface area contributed by atoms with E-state index in [0.29, 0.717) is 16.7 Å². The Labute approximate surface area is 128 Å². The van der Waals surface area contributed by atoms with Crippen LogP contribution in [-0.2, 0) is 12.6 Å². The van der Waals surface area contributed by atoms with E-state index in [1.54, 1.807) is 0 Å². The fraction of sp³-hybridized carbons (Fsp3) is 0.562. The summed E-state index contributed by atoms with van der Waals surface area (Å²) in [6.07, 6.45) is -2.50. The quantitative estimate of drug-likeness (QED) is 0.623. The zero-order valence-corrected chi connectivity index (χ0v) is 14.0. The maximum Gasteiger partial charge on any atom is 0.418 e. The van der Waals surface area contributed by atoms with Crippen LogP contribution >= 0.6 is 11.3 Å². The Balaban J connectivity index is 0.000000677. The number of aryl methyl sites for hydroxylation is 1. The molecule has 0 aliphatic heterocycles. The van der Waals surface area contributed by atoms with Crippen molar-refractivity contribution in [2.24, 2.45) is 0 Å². The molecule has 5 heteroatoms. The molecular formula is C16H22F3NS. The molecule has 1 nitrogen and oxygen atoms in total. The lowest BCUT2D eigenvalue weighted by Crippen LogP contribution is -2.06. The molecule has 0 saturated heterocycles. The highest BCUT2D eigenvalue weighted by molar-refractivity contribution is 7.18. The first-order valence-corrected chi connectivity index (χ1v) is 8.06. The number of fused-ring (bicyclic) bond motifs is 1. The van der Waals surface area contributed by atoms with Gasteiger partial charge in [0.2, 0.25) is 0 Å². The van der Waals surface area contributed by atoms with E-state index < -0.39 is 11.7 Å². The number of halogens is 3. The van der Waals surface area contributed by atoms with Gasteiger partial charge in [-0.3, -0.25) is 0 Å². The molecule has 0 aliphatic rings. The maximum atomic E-state index is 13.0. The average Bonchev–Trinajstić information content (AvgIpc) is 2.80. The second kappa shape index (κ2) is 7.25. The lowest BCUT2D eigenvalue weighted by atomic mass is 10.1. The van der Waals surface area contributed by atoms with Crippen LogP contribution in [0.4, 0.5) is 13.2 Å². The molecule has 0 saturated carbocycles. The van der Waals surface area contributed by atoms with E-state index >= 15 is 0 Å². The van der Waals surface area contributed by atoms with E-state index in [9.17, 15) is 13.2 Å². The predicted octanol–water partition coefficient (Wildman–Crippen LogP) is 6.42. The Hall–Kier alpha value is -1.10. The minimum Gasteiger partial charge on any atom is -0.240 e. The molecule has 118 valence electrons. The third-order valence-electron chi connectivity index (χ3n) is 2.78. The molecule has 0 atom stereocenters. The van der Waals surface area contributed by atoms with Gasteiger partial charge in [-0.1, -0.05) is 41.0 Å². The van der Waals surface area contributed by atoms with E-state index in [0.717, 1.165) is 5.01 Å². The fourth-order valence-corrected chi connectivity index (χ4v) is 2.83. The van der Waals surface area contributed by atoms with Crippen LogP contribution in [0.3, 0.4) is 0 Å². The van der Waals surface area contributed by atoms with Crippen LogP contribution in [0.1, 0.15) is 63.1 Å². The highest BCUT2D eigenvalue weighted by Crippen LogP contribution is 2.38. The normalized spacial score (nSPS) is 11.7. The van der Waals surface area contributed by atoms with Crippen molar-refractivity contribution in [2.45, 2.75) is 59.6 Å². The number of aromatic nitrogens is 1. The molecule has 0 spiro atoms. The van der Waals surface area contributed by atoms with Crippen LogP contribution < -0.4 is 0 Å².